The zero-order valence-corrected chi connectivity index (χ0v) is 13.8. The van der Waals surface area contributed by atoms with Gasteiger partial charge in [-0.25, -0.2) is 5.01 Å². The summed E-state index contributed by atoms with van der Waals surface area (Å²) in [5, 5.41) is 15.3. The highest BCUT2D eigenvalue weighted by atomic mass is 16.5. The summed E-state index contributed by atoms with van der Waals surface area (Å²) in [6.45, 7) is 7.82. The summed E-state index contributed by atoms with van der Waals surface area (Å²) in [5.41, 5.74) is 0.997. The van der Waals surface area contributed by atoms with Crippen LogP contribution >= 0.6 is 0 Å². The molecule has 5 heteroatoms. The van der Waals surface area contributed by atoms with E-state index >= 15 is 0 Å². The van der Waals surface area contributed by atoms with Crippen molar-refractivity contribution in [2.24, 2.45) is 16.9 Å². The van der Waals surface area contributed by atoms with Gasteiger partial charge in [0.2, 0.25) is 0 Å². The smallest absolute Gasteiger partial charge is 0.271 e. The average Bonchev–Trinajstić information content (AvgIpc) is 2.48. The van der Waals surface area contributed by atoms with Crippen LogP contribution in [0.25, 0.3) is 0 Å². The van der Waals surface area contributed by atoms with E-state index in [9.17, 15) is 9.90 Å². The van der Waals surface area contributed by atoms with E-state index in [0.29, 0.717) is 6.61 Å². The Morgan fingerprint density at radius 2 is 1.91 bits per heavy atom. The Bertz CT molecular complexity index is 472. The van der Waals surface area contributed by atoms with Crippen molar-refractivity contribution in [3.05, 3.63) is 35.9 Å². The van der Waals surface area contributed by atoms with Crippen molar-refractivity contribution in [2.45, 2.75) is 40.5 Å². The molecule has 0 aliphatic heterocycles. The number of aliphatic hydroxyl groups excluding tert-OH is 1. The summed E-state index contributed by atoms with van der Waals surface area (Å²) >= 11 is 0. The maximum absolute atomic E-state index is 12.2. The number of ether oxygens (including phenoxy) is 1. The Labute approximate surface area is 132 Å². The summed E-state index contributed by atoms with van der Waals surface area (Å²) in [4.78, 5) is 12.2. The lowest BCUT2D eigenvalue weighted by Gasteiger charge is -2.26. The normalized spacial score (nSPS) is 13.0. The van der Waals surface area contributed by atoms with Crippen molar-refractivity contribution in [2.75, 3.05) is 6.61 Å². The van der Waals surface area contributed by atoms with Gasteiger partial charge in [-0.15, -0.1) is 0 Å². The fraction of sp³-hybridized carbons (Fsp3) is 0.529. The summed E-state index contributed by atoms with van der Waals surface area (Å²) < 4.78 is 5.42. The first kappa shape index (κ1) is 18.3. The van der Waals surface area contributed by atoms with Crippen LogP contribution in [0.1, 0.15) is 33.3 Å². The van der Waals surface area contributed by atoms with E-state index in [2.05, 4.69) is 5.10 Å². The van der Waals surface area contributed by atoms with Crippen molar-refractivity contribution in [3.8, 4) is 0 Å². The Morgan fingerprint density at radius 1 is 1.27 bits per heavy atom. The van der Waals surface area contributed by atoms with Gasteiger partial charge in [0.15, 0.2) is 6.23 Å². The molecule has 0 aliphatic rings. The zero-order valence-electron chi connectivity index (χ0n) is 13.8. The third-order valence-electron chi connectivity index (χ3n) is 2.93. The van der Waals surface area contributed by atoms with E-state index in [1.807, 2.05) is 58.0 Å². The van der Waals surface area contributed by atoms with Crippen LogP contribution in [0.15, 0.2) is 35.4 Å². The third-order valence-corrected chi connectivity index (χ3v) is 2.93. The molecule has 0 spiro atoms. The van der Waals surface area contributed by atoms with Gasteiger partial charge in [0.1, 0.15) is 6.61 Å². The minimum atomic E-state index is -0.956. The average molecular weight is 306 g/mol. The molecule has 0 heterocycles. The fourth-order valence-electron chi connectivity index (χ4n) is 1.66. The number of carbonyl (C=O) groups excluding carboxylic acids is 1. The van der Waals surface area contributed by atoms with Crippen LogP contribution in [-0.4, -0.2) is 35.1 Å². The highest BCUT2D eigenvalue weighted by molar-refractivity contribution is 5.78. The maximum atomic E-state index is 12.2. The molecule has 5 nitrogen and oxygen atoms in total. The third kappa shape index (κ3) is 6.37. The molecule has 1 aromatic carbocycles. The van der Waals surface area contributed by atoms with Gasteiger partial charge in [0.25, 0.3) is 5.91 Å². The summed E-state index contributed by atoms with van der Waals surface area (Å²) in [7, 11) is 0. The first-order valence-electron chi connectivity index (χ1n) is 7.57. The van der Waals surface area contributed by atoms with Crippen molar-refractivity contribution in [1.29, 1.82) is 0 Å². The molecule has 0 radical (unpaired) electrons. The van der Waals surface area contributed by atoms with Crippen molar-refractivity contribution in [1.82, 2.24) is 5.01 Å². The van der Waals surface area contributed by atoms with Gasteiger partial charge in [-0.2, -0.15) is 5.10 Å². The first-order valence-corrected chi connectivity index (χ1v) is 7.57. The molecule has 0 bridgehead atoms. The van der Waals surface area contributed by atoms with Gasteiger partial charge >= 0.3 is 0 Å². The standard InChI is InChI=1S/C17H26N2O3/c1-13(2)10-18-19(17(21)14(3)4)16(20)12-22-11-15-8-6-5-7-9-15/h5-10,13-14,17,21H,11-12H2,1-4H3/b18-10+. The molecule has 1 aromatic rings. The van der Waals surface area contributed by atoms with E-state index in [4.69, 9.17) is 4.74 Å². The van der Waals surface area contributed by atoms with Crippen LogP contribution in [0.5, 0.6) is 0 Å². The Balaban J connectivity index is 2.59. The van der Waals surface area contributed by atoms with Crippen molar-refractivity contribution < 1.29 is 14.6 Å². The molecule has 0 fully saturated rings. The lowest BCUT2D eigenvalue weighted by molar-refractivity contribution is -0.149. The molecule has 1 atom stereocenters. The molecular weight excluding hydrogens is 280 g/mol. The van der Waals surface area contributed by atoms with Crippen molar-refractivity contribution >= 4 is 12.1 Å². The lowest BCUT2D eigenvalue weighted by Crippen LogP contribution is -2.41. The first-order chi connectivity index (χ1) is 10.4. The van der Waals surface area contributed by atoms with Crippen LogP contribution in [-0.2, 0) is 16.1 Å². The zero-order chi connectivity index (χ0) is 16.5. The predicted molar refractivity (Wildman–Crippen MR) is 87.1 cm³/mol. The number of aliphatic hydroxyl groups is 1. The molecule has 1 rings (SSSR count). The van der Waals surface area contributed by atoms with E-state index < -0.39 is 6.23 Å². The van der Waals surface area contributed by atoms with Crippen LogP contribution in [0.3, 0.4) is 0 Å². The summed E-state index contributed by atoms with van der Waals surface area (Å²) in [5.74, 6) is -0.267. The fourth-order valence-corrected chi connectivity index (χ4v) is 1.66. The minimum Gasteiger partial charge on any atom is -0.371 e. The Hall–Kier alpha value is -1.72. The minimum absolute atomic E-state index is 0.109. The monoisotopic (exact) mass is 306 g/mol. The van der Waals surface area contributed by atoms with Crippen LogP contribution in [0, 0.1) is 11.8 Å². The summed E-state index contributed by atoms with van der Waals surface area (Å²) in [6.07, 6.45) is 0.684. The number of hydrogen-bond acceptors (Lipinski definition) is 4. The van der Waals surface area contributed by atoms with Gasteiger partial charge in [0.05, 0.1) is 6.61 Å². The maximum Gasteiger partial charge on any atom is 0.271 e. The number of hydrazone groups is 1. The predicted octanol–water partition coefficient (Wildman–Crippen LogP) is 2.65. The van der Waals surface area contributed by atoms with E-state index in [0.717, 1.165) is 10.6 Å². The number of rotatable bonds is 8. The number of benzene rings is 1. The topological polar surface area (TPSA) is 62.1 Å². The largest absolute Gasteiger partial charge is 0.371 e. The SMILES string of the molecule is CC(C)/C=N/N(C(=O)COCc1ccccc1)C(O)C(C)C. The molecule has 1 N–H and O–H groups in total. The summed E-state index contributed by atoms with van der Waals surface area (Å²) in [6, 6.07) is 9.63. The van der Waals surface area contributed by atoms with Gasteiger partial charge in [0, 0.05) is 6.21 Å². The van der Waals surface area contributed by atoms with E-state index in [1.165, 1.54) is 0 Å². The quantitative estimate of drug-likeness (QED) is 0.456. The molecule has 1 amide bonds. The second-order valence-electron chi connectivity index (χ2n) is 5.88. The number of amides is 1. The molecule has 22 heavy (non-hydrogen) atoms. The number of hydrogen-bond donors (Lipinski definition) is 1. The molecular formula is C17H26N2O3. The highest BCUT2D eigenvalue weighted by Gasteiger charge is 2.23. The van der Waals surface area contributed by atoms with Crippen LogP contribution in [0.2, 0.25) is 0 Å². The Morgan fingerprint density at radius 3 is 2.45 bits per heavy atom. The van der Waals surface area contributed by atoms with Crippen molar-refractivity contribution in [3.63, 3.8) is 0 Å². The molecule has 1 unspecified atom stereocenters. The second-order valence-corrected chi connectivity index (χ2v) is 5.88. The lowest BCUT2D eigenvalue weighted by atomic mass is 10.2. The number of nitrogens with zero attached hydrogens (tertiary/aromatic N) is 2. The molecule has 0 aromatic heterocycles. The van der Waals surface area contributed by atoms with Gasteiger partial charge in [-0.3, -0.25) is 4.79 Å². The highest BCUT2D eigenvalue weighted by Crippen LogP contribution is 2.10. The van der Waals surface area contributed by atoms with Gasteiger partial charge in [-0.05, 0) is 17.4 Å². The molecule has 0 saturated heterocycles. The second kappa shape index (κ2) is 9.33. The van der Waals surface area contributed by atoms with Crippen LogP contribution < -0.4 is 0 Å². The molecule has 0 aliphatic carbocycles. The van der Waals surface area contributed by atoms with Crippen LogP contribution in [0.4, 0.5) is 0 Å². The molecule has 0 saturated carbocycles. The molecule has 122 valence electrons. The van der Waals surface area contributed by atoms with E-state index in [1.54, 1.807) is 6.21 Å². The number of carbonyl (C=O) groups is 1. The van der Waals surface area contributed by atoms with E-state index in [-0.39, 0.29) is 24.3 Å². The Kier molecular flexibility index (Phi) is 7.77. The van der Waals surface area contributed by atoms with Gasteiger partial charge < -0.3 is 9.84 Å². The van der Waals surface area contributed by atoms with Gasteiger partial charge in [-0.1, -0.05) is 58.0 Å².